The summed E-state index contributed by atoms with van der Waals surface area (Å²) in [5.41, 5.74) is 0.777. The molecule has 5 nitrogen and oxygen atoms in total. The number of carbonyl (C=O) groups excluding carboxylic acids is 2. The van der Waals surface area contributed by atoms with Crippen molar-refractivity contribution in [2.75, 3.05) is 26.7 Å². The van der Waals surface area contributed by atoms with Crippen molar-refractivity contribution < 1.29 is 19.1 Å². The molecule has 2 saturated heterocycles. The first-order valence-electron chi connectivity index (χ1n) is 8.42. The molecule has 1 N–H and O–H groups in total. The fraction of sp³-hybridized carbons (Fsp3) is 0.556. The van der Waals surface area contributed by atoms with E-state index in [4.69, 9.17) is 0 Å². The zero-order valence-electron chi connectivity index (χ0n) is 13.8. The molecule has 0 saturated carbocycles. The van der Waals surface area contributed by atoms with E-state index in [0.29, 0.717) is 13.1 Å². The predicted octanol–water partition coefficient (Wildman–Crippen LogP) is 1.58. The Morgan fingerprint density at radius 3 is 2.71 bits per heavy atom. The zero-order chi connectivity index (χ0) is 17.3. The minimum absolute atomic E-state index is 0.0415. The molecule has 3 rings (SSSR count). The van der Waals surface area contributed by atoms with Crippen molar-refractivity contribution in [2.45, 2.75) is 25.3 Å². The summed E-state index contributed by atoms with van der Waals surface area (Å²) in [4.78, 5) is 28.5. The molecule has 3 unspecified atom stereocenters. The van der Waals surface area contributed by atoms with E-state index in [1.54, 1.807) is 29.0 Å². The van der Waals surface area contributed by atoms with Gasteiger partial charge in [-0.2, -0.15) is 0 Å². The molecule has 2 fully saturated rings. The van der Waals surface area contributed by atoms with Gasteiger partial charge in [-0.3, -0.25) is 9.59 Å². The number of halogens is 1. The second kappa shape index (κ2) is 6.89. The quantitative estimate of drug-likeness (QED) is 0.913. The van der Waals surface area contributed by atoms with Crippen LogP contribution in [0.1, 0.15) is 30.9 Å². The Bertz CT molecular complexity index is 619. The van der Waals surface area contributed by atoms with E-state index in [1.165, 1.54) is 12.1 Å². The van der Waals surface area contributed by atoms with E-state index in [9.17, 15) is 19.1 Å². The molecule has 0 radical (unpaired) electrons. The van der Waals surface area contributed by atoms with Crippen LogP contribution in [0.4, 0.5) is 4.39 Å². The van der Waals surface area contributed by atoms with Crippen LogP contribution >= 0.6 is 0 Å². The van der Waals surface area contributed by atoms with Crippen LogP contribution in [0.25, 0.3) is 0 Å². The largest absolute Gasteiger partial charge is 0.396 e. The summed E-state index contributed by atoms with van der Waals surface area (Å²) < 4.78 is 13.2. The molecule has 130 valence electrons. The van der Waals surface area contributed by atoms with Crippen molar-refractivity contribution in [3.05, 3.63) is 35.6 Å². The number of nitrogens with zero attached hydrogens (tertiary/aromatic N) is 2. The topological polar surface area (TPSA) is 60.9 Å². The number of aliphatic hydroxyl groups is 1. The lowest BCUT2D eigenvalue weighted by Crippen LogP contribution is -2.44. The second-order valence-corrected chi connectivity index (χ2v) is 6.79. The van der Waals surface area contributed by atoms with Gasteiger partial charge in [0.05, 0.1) is 12.0 Å². The van der Waals surface area contributed by atoms with Crippen molar-refractivity contribution in [1.29, 1.82) is 0 Å². The van der Waals surface area contributed by atoms with Crippen LogP contribution in [-0.4, -0.2) is 53.5 Å². The van der Waals surface area contributed by atoms with Crippen LogP contribution in [0.5, 0.6) is 0 Å². The summed E-state index contributed by atoms with van der Waals surface area (Å²) >= 11 is 0. The number of piperidine rings is 1. The van der Waals surface area contributed by atoms with Crippen LogP contribution in [-0.2, 0) is 9.59 Å². The van der Waals surface area contributed by atoms with Crippen LogP contribution in [0.15, 0.2) is 24.3 Å². The SMILES string of the molecule is CN1C(=O)CC(C(=O)N2CCCC(CO)C2)C1c1ccc(F)cc1. The monoisotopic (exact) mass is 334 g/mol. The molecular formula is C18H23FN2O3. The molecule has 3 atom stereocenters. The molecule has 0 aliphatic carbocycles. The molecule has 0 bridgehead atoms. The van der Waals surface area contributed by atoms with Gasteiger partial charge in [-0.25, -0.2) is 4.39 Å². The fourth-order valence-corrected chi connectivity index (χ4v) is 3.86. The molecule has 0 spiro atoms. The summed E-state index contributed by atoms with van der Waals surface area (Å²) in [6, 6.07) is 5.64. The van der Waals surface area contributed by atoms with Crippen LogP contribution < -0.4 is 0 Å². The molecular weight excluding hydrogens is 311 g/mol. The van der Waals surface area contributed by atoms with E-state index in [1.807, 2.05) is 0 Å². The van der Waals surface area contributed by atoms with Gasteiger partial charge in [-0.15, -0.1) is 0 Å². The average Bonchev–Trinajstić information content (AvgIpc) is 2.90. The summed E-state index contributed by atoms with van der Waals surface area (Å²) in [6.07, 6.45) is 1.97. The highest BCUT2D eigenvalue weighted by atomic mass is 19.1. The number of likely N-dealkylation sites (tertiary alicyclic amines) is 2. The first kappa shape index (κ1) is 16.9. The van der Waals surface area contributed by atoms with Crippen LogP contribution in [0, 0.1) is 17.7 Å². The Hall–Kier alpha value is -1.95. The van der Waals surface area contributed by atoms with E-state index in [2.05, 4.69) is 0 Å². The molecule has 2 aliphatic heterocycles. The normalized spacial score (nSPS) is 27.6. The molecule has 2 aliphatic rings. The van der Waals surface area contributed by atoms with Crippen LogP contribution in [0.2, 0.25) is 0 Å². The maximum absolute atomic E-state index is 13.2. The molecule has 6 heteroatoms. The summed E-state index contributed by atoms with van der Waals surface area (Å²) in [5.74, 6) is -0.791. The molecule has 2 heterocycles. The number of carbonyl (C=O) groups is 2. The van der Waals surface area contributed by atoms with Crippen molar-refractivity contribution in [2.24, 2.45) is 11.8 Å². The predicted molar refractivity (Wildman–Crippen MR) is 86.4 cm³/mol. The number of hydrogen-bond donors (Lipinski definition) is 1. The number of benzene rings is 1. The van der Waals surface area contributed by atoms with Gasteiger partial charge in [0.1, 0.15) is 5.82 Å². The fourth-order valence-electron chi connectivity index (χ4n) is 3.86. The van der Waals surface area contributed by atoms with E-state index < -0.39 is 5.92 Å². The van der Waals surface area contributed by atoms with Crippen LogP contribution in [0.3, 0.4) is 0 Å². The minimum Gasteiger partial charge on any atom is -0.396 e. The maximum atomic E-state index is 13.2. The molecule has 1 aromatic carbocycles. The van der Waals surface area contributed by atoms with Crippen molar-refractivity contribution >= 4 is 11.8 Å². The standard InChI is InChI=1S/C18H23FN2O3/c1-20-16(23)9-15(17(20)13-4-6-14(19)7-5-13)18(24)21-8-2-3-12(10-21)11-22/h4-7,12,15,17,22H,2-3,8-11H2,1H3. The van der Waals surface area contributed by atoms with Gasteiger partial charge in [0.15, 0.2) is 0 Å². The Kier molecular flexibility index (Phi) is 4.85. The third-order valence-corrected chi connectivity index (χ3v) is 5.20. The third-order valence-electron chi connectivity index (χ3n) is 5.20. The van der Waals surface area contributed by atoms with Crippen molar-refractivity contribution in [1.82, 2.24) is 9.80 Å². The molecule has 2 amide bonds. The number of hydrogen-bond acceptors (Lipinski definition) is 3. The average molecular weight is 334 g/mol. The third kappa shape index (κ3) is 3.15. The molecule has 24 heavy (non-hydrogen) atoms. The van der Waals surface area contributed by atoms with Gasteiger partial charge in [0, 0.05) is 33.2 Å². The van der Waals surface area contributed by atoms with E-state index >= 15 is 0 Å². The highest BCUT2D eigenvalue weighted by Gasteiger charge is 2.44. The first-order chi connectivity index (χ1) is 11.5. The Morgan fingerprint density at radius 2 is 2.04 bits per heavy atom. The molecule has 1 aromatic rings. The smallest absolute Gasteiger partial charge is 0.228 e. The van der Waals surface area contributed by atoms with Gasteiger partial charge >= 0.3 is 0 Å². The highest BCUT2D eigenvalue weighted by Crippen LogP contribution is 2.38. The van der Waals surface area contributed by atoms with Gasteiger partial charge < -0.3 is 14.9 Å². The summed E-state index contributed by atoms with van der Waals surface area (Å²) in [5, 5.41) is 9.36. The Labute approximate surface area is 141 Å². The summed E-state index contributed by atoms with van der Waals surface area (Å²) in [7, 11) is 1.69. The second-order valence-electron chi connectivity index (χ2n) is 6.79. The first-order valence-corrected chi connectivity index (χ1v) is 8.42. The lowest BCUT2D eigenvalue weighted by atomic mass is 9.90. The Balaban J connectivity index is 1.83. The lowest BCUT2D eigenvalue weighted by molar-refractivity contribution is -0.138. The van der Waals surface area contributed by atoms with Gasteiger partial charge in [0.2, 0.25) is 11.8 Å². The Morgan fingerprint density at radius 1 is 1.33 bits per heavy atom. The highest BCUT2D eigenvalue weighted by molar-refractivity contribution is 5.90. The van der Waals surface area contributed by atoms with E-state index in [0.717, 1.165) is 18.4 Å². The lowest BCUT2D eigenvalue weighted by Gasteiger charge is -2.35. The minimum atomic E-state index is -0.453. The van der Waals surface area contributed by atoms with Gasteiger partial charge in [-0.1, -0.05) is 12.1 Å². The van der Waals surface area contributed by atoms with Gasteiger partial charge in [-0.05, 0) is 36.5 Å². The number of rotatable bonds is 3. The number of amides is 2. The number of aliphatic hydroxyl groups excluding tert-OH is 1. The molecule has 0 aromatic heterocycles. The van der Waals surface area contributed by atoms with Gasteiger partial charge in [0.25, 0.3) is 0 Å². The van der Waals surface area contributed by atoms with Crippen molar-refractivity contribution in [3.63, 3.8) is 0 Å². The van der Waals surface area contributed by atoms with Crippen molar-refractivity contribution in [3.8, 4) is 0 Å². The maximum Gasteiger partial charge on any atom is 0.228 e. The zero-order valence-corrected chi connectivity index (χ0v) is 13.8. The van der Waals surface area contributed by atoms with E-state index in [-0.39, 0.29) is 42.6 Å². The summed E-state index contributed by atoms with van der Waals surface area (Å²) in [6.45, 7) is 1.29.